The normalized spacial score (nSPS) is 11.1. The minimum atomic E-state index is 0.0352. The molecule has 0 aromatic carbocycles. The number of aryl methyl sites for hydroxylation is 2. The largest absolute Gasteiger partial charge is 0.294 e. The van der Waals surface area contributed by atoms with E-state index in [9.17, 15) is 4.79 Å². The molecule has 0 bridgehead atoms. The number of aromatic nitrogens is 4. The van der Waals surface area contributed by atoms with Gasteiger partial charge in [0.2, 0.25) is 0 Å². The molecule has 0 aliphatic carbocycles. The molecule has 0 unspecified atom stereocenters. The molecular weight excluding hydrogens is 252 g/mol. The minimum absolute atomic E-state index is 0.0352. The summed E-state index contributed by atoms with van der Waals surface area (Å²) in [6.45, 7) is 8.77. The average Bonchev–Trinajstić information content (AvgIpc) is 2.75. The maximum absolute atomic E-state index is 12.4. The van der Waals surface area contributed by atoms with Crippen LogP contribution >= 0.6 is 0 Å². The molecule has 2 heterocycles. The van der Waals surface area contributed by atoms with Gasteiger partial charge in [-0.1, -0.05) is 13.8 Å². The number of carbonyl (C=O) groups is 1. The van der Waals surface area contributed by atoms with E-state index in [0.29, 0.717) is 17.3 Å². The van der Waals surface area contributed by atoms with Crippen molar-refractivity contribution in [3.05, 3.63) is 41.2 Å². The third kappa shape index (κ3) is 3.29. The Morgan fingerprint density at radius 3 is 2.70 bits per heavy atom. The topological polar surface area (TPSA) is 60.7 Å². The summed E-state index contributed by atoms with van der Waals surface area (Å²) in [5.41, 5.74) is 2.35. The van der Waals surface area contributed by atoms with Gasteiger partial charge in [-0.2, -0.15) is 5.10 Å². The van der Waals surface area contributed by atoms with E-state index in [4.69, 9.17) is 0 Å². The van der Waals surface area contributed by atoms with Gasteiger partial charge >= 0.3 is 0 Å². The van der Waals surface area contributed by atoms with E-state index in [1.54, 1.807) is 4.68 Å². The van der Waals surface area contributed by atoms with Gasteiger partial charge in [-0.05, 0) is 31.9 Å². The fraction of sp³-hybridized carbons (Fsp3) is 0.467. The van der Waals surface area contributed by atoms with Crippen molar-refractivity contribution < 1.29 is 4.79 Å². The molecule has 0 fully saturated rings. The van der Waals surface area contributed by atoms with Gasteiger partial charge in [-0.25, -0.2) is 9.67 Å². The highest BCUT2D eigenvalue weighted by molar-refractivity contribution is 5.98. The first-order valence-corrected chi connectivity index (χ1v) is 6.81. The number of rotatable bonds is 5. The van der Waals surface area contributed by atoms with Crippen molar-refractivity contribution in [2.45, 2.75) is 40.7 Å². The van der Waals surface area contributed by atoms with Crippen LogP contribution in [0, 0.1) is 19.8 Å². The SMILES string of the molecule is Cc1ccc(C(=O)Cc2ncnn2CC(C)C)c(C)n1. The zero-order chi connectivity index (χ0) is 14.7. The van der Waals surface area contributed by atoms with Gasteiger partial charge in [0, 0.05) is 23.5 Å². The first kappa shape index (κ1) is 14.4. The van der Waals surface area contributed by atoms with E-state index in [-0.39, 0.29) is 12.2 Å². The summed E-state index contributed by atoms with van der Waals surface area (Å²) in [4.78, 5) is 20.9. The molecule has 20 heavy (non-hydrogen) atoms. The molecule has 5 nitrogen and oxygen atoms in total. The van der Waals surface area contributed by atoms with Crippen LogP contribution in [0.25, 0.3) is 0 Å². The molecule has 0 radical (unpaired) electrons. The van der Waals surface area contributed by atoms with Crippen LogP contribution in [0.1, 0.15) is 41.4 Å². The third-order valence-electron chi connectivity index (χ3n) is 3.08. The molecule has 0 atom stereocenters. The van der Waals surface area contributed by atoms with E-state index < -0.39 is 0 Å². The highest BCUT2D eigenvalue weighted by Gasteiger charge is 2.15. The molecule has 2 aromatic rings. The summed E-state index contributed by atoms with van der Waals surface area (Å²) < 4.78 is 1.81. The number of nitrogens with zero attached hydrogens (tertiary/aromatic N) is 4. The van der Waals surface area contributed by atoms with Gasteiger partial charge in [-0.3, -0.25) is 9.78 Å². The summed E-state index contributed by atoms with van der Waals surface area (Å²) in [5, 5.41) is 4.18. The predicted molar refractivity (Wildman–Crippen MR) is 76.6 cm³/mol. The number of ketones is 1. The highest BCUT2D eigenvalue weighted by atomic mass is 16.1. The Morgan fingerprint density at radius 2 is 2.05 bits per heavy atom. The molecule has 0 saturated carbocycles. The van der Waals surface area contributed by atoms with Crippen LogP contribution in [-0.2, 0) is 13.0 Å². The van der Waals surface area contributed by atoms with Crippen LogP contribution < -0.4 is 0 Å². The molecule has 0 aliphatic heterocycles. The number of hydrogen-bond acceptors (Lipinski definition) is 4. The number of pyridine rings is 1. The standard InChI is InChI=1S/C15H20N4O/c1-10(2)8-19-15(16-9-17-19)7-14(20)13-6-5-11(3)18-12(13)4/h5-6,9-10H,7-8H2,1-4H3. The summed E-state index contributed by atoms with van der Waals surface area (Å²) in [7, 11) is 0. The van der Waals surface area contributed by atoms with Gasteiger partial charge in [-0.15, -0.1) is 0 Å². The fourth-order valence-electron chi connectivity index (χ4n) is 2.14. The Kier molecular flexibility index (Phi) is 4.27. The second kappa shape index (κ2) is 5.94. The van der Waals surface area contributed by atoms with Crippen molar-refractivity contribution in [1.82, 2.24) is 19.7 Å². The van der Waals surface area contributed by atoms with Crippen molar-refractivity contribution in [2.24, 2.45) is 5.92 Å². The Labute approximate surface area is 119 Å². The zero-order valence-corrected chi connectivity index (χ0v) is 12.4. The van der Waals surface area contributed by atoms with Crippen LogP contribution in [-0.4, -0.2) is 25.5 Å². The van der Waals surface area contributed by atoms with E-state index in [1.807, 2.05) is 26.0 Å². The minimum Gasteiger partial charge on any atom is -0.294 e. The van der Waals surface area contributed by atoms with E-state index in [1.165, 1.54) is 6.33 Å². The van der Waals surface area contributed by atoms with E-state index >= 15 is 0 Å². The van der Waals surface area contributed by atoms with Crippen LogP contribution in [0.3, 0.4) is 0 Å². The quantitative estimate of drug-likeness (QED) is 0.784. The fourth-order valence-corrected chi connectivity index (χ4v) is 2.14. The maximum Gasteiger partial charge on any atom is 0.172 e. The van der Waals surface area contributed by atoms with Crippen LogP contribution in [0.5, 0.6) is 0 Å². The highest BCUT2D eigenvalue weighted by Crippen LogP contribution is 2.11. The van der Waals surface area contributed by atoms with E-state index in [0.717, 1.165) is 17.9 Å². The summed E-state index contributed by atoms with van der Waals surface area (Å²) in [6, 6.07) is 3.70. The second-order valence-corrected chi connectivity index (χ2v) is 5.44. The molecule has 0 N–H and O–H groups in total. The molecule has 0 spiro atoms. The Balaban J connectivity index is 2.17. The lowest BCUT2D eigenvalue weighted by Crippen LogP contribution is -2.15. The Bertz CT molecular complexity index is 616. The van der Waals surface area contributed by atoms with Gasteiger partial charge in [0.15, 0.2) is 5.78 Å². The summed E-state index contributed by atoms with van der Waals surface area (Å²) in [5.74, 6) is 1.21. The predicted octanol–water partition coefficient (Wildman–Crippen LogP) is 2.37. The van der Waals surface area contributed by atoms with Crippen LogP contribution in [0.15, 0.2) is 18.5 Å². The molecule has 2 aromatic heterocycles. The first-order valence-electron chi connectivity index (χ1n) is 6.81. The van der Waals surface area contributed by atoms with Crippen molar-refractivity contribution >= 4 is 5.78 Å². The average molecular weight is 272 g/mol. The smallest absolute Gasteiger partial charge is 0.172 e. The molecule has 106 valence electrons. The maximum atomic E-state index is 12.4. The van der Waals surface area contributed by atoms with Crippen molar-refractivity contribution in [3.8, 4) is 0 Å². The Hall–Kier alpha value is -2.04. The third-order valence-corrected chi connectivity index (χ3v) is 3.08. The van der Waals surface area contributed by atoms with Crippen LogP contribution in [0.2, 0.25) is 0 Å². The molecule has 0 amide bonds. The van der Waals surface area contributed by atoms with Crippen molar-refractivity contribution in [1.29, 1.82) is 0 Å². The number of hydrogen-bond donors (Lipinski definition) is 0. The van der Waals surface area contributed by atoms with Gasteiger partial charge in [0.1, 0.15) is 12.2 Å². The second-order valence-electron chi connectivity index (χ2n) is 5.44. The zero-order valence-electron chi connectivity index (χ0n) is 12.4. The summed E-state index contributed by atoms with van der Waals surface area (Å²) >= 11 is 0. The lowest BCUT2D eigenvalue weighted by Gasteiger charge is -2.09. The monoisotopic (exact) mass is 272 g/mol. The number of carbonyl (C=O) groups excluding carboxylic acids is 1. The van der Waals surface area contributed by atoms with Gasteiger partial charge in [0.25, 0.3) is 0 Å². The Morgan fingerprint density at radius 1 is 1.30 bits per heavy atom. The first-order chi connectivity index (χ1) is 9.47. The lowest BCUT2D eigenvalue weighted by atomic mass is 10.1. The van der Waals surface area contributed by atoms with Gasteiger partial charge < -0.3 is 0 Å². The van der Waals surface area contributed by atoms with Crippen LogP contribution in [0.4, 0.5) is 0 Å². The van der Waals surface area contributed by atoms with Crippen molar-refractivity contribution in [2.75, 3.05) is 0 Å². The molecule has 2 rings (SSSR count). The molecule has 5 heteroatoms. The van der Waals surface area contributed by atoms with E-state index in [2.05, 4.69) is 28.9 Å². The molecular formula is C15H20N4O. The van der Waals surface area contributed by atoms with Crippen molar-refractivity contribution in [3.63, 3.8) is 0 Å². The van der Waals surface area contributed by atoms with Gasteiger partial charge in [0.05, 0.1) is 6.42 Å². The number of Topliss-reactive ketones (excluding diaryl/α,β-unsaturated/α-hetero) is 1. The molecule has 0 saturated heterocycles. The lowest BCUT2D eigenvalue weighted by molar-refractivity contribution is 0.0988. The molecule has 0 aliphatic rings. The summed E-state index contributed by atoms with van der Waals surface area (Å²) in [6.07, 6.45) is 1.77.